The number of para-hydroxylation sites is 1. The zero-order valence-corrected chi connectivity index (χ0v) is 24.1. The van der Waals surface area contributed by atoms with Crippen LogP contribution in [-0.4, -0.2) is 65.6 Å². The molecule has 0 aliphatic rings. The fourth-order valence-corrected chi connectivity index (χ4v) is 5.53. The largest absolute Gasteiger partial charge is 0.497 e. The fourth-order valence-electron chi connectivity index (χ4n) is 4.10. The van der Waals surface area contributed by atoms with Gasteiger partial charge in [0, 0.05) is 19.2 Å². The van der Waals surface area contributed by atoms with E-state index in [1.165, 1.54) is 44.4 Å². The standard InChI is InChI=1S/C29H35N3O7S/c1-6-30-29(34)21(2)31(19-22-11-10-14-24(17-22)37-3)28(33)20-32(23-12-8-7-9-13-23)40(35,36)25-15-16-26(38-4)27(18-25)39-5/h7-18,21H,6,19-20H2,1-5H3,(H,30,34). The minimum absolute atomic E-state index is 0.0629. The van der Waals surface area contributed by atoms with E-state index in [0.717, 1.165) is 9.87 Å². The zero-order chi connectivity index (χ0) is 29.3. The van der Waals surface area contributed by atoms with Gasteiger partial charge in [0.05, 0.1) is 31.9 Å². The van der Waals surface area contributed by atoms with Crippen LogP contribution in [0.3, 0.4) is 0 Å². The van der Waals surface area contributed by atoms with Crippen molar-refractivity contribution >= 4 is 27.5 Å². The fraction of sp³-hybridized carbons (Fsp3) is 0.310. The van der Waals surface area contributed by atoms with Crippen LogP contribution in [0.25, 0.3) is 0 Å². The number of rotatable bonds is 13. The second kappa shape index (κ2) is 13.7. The number of ether oxygens (including phenoxy) is 3. The molecular weight excluding hydrogens is 534 g/mol. The second-order valence-corrected chi connectivity index (χ2v) is 10.7. The molecular formula is C29H35N3O7S. The van der Waals surface area contributed by atoms with Crippen LogP contribution < -0.4 is 23.8 Å². The van der Waals surface area contributed by atoms with E-state index >= 15 is 0 Å². The molecule has 0 saturated carbocycles. The quantitative estimate of drug-likeness (QED) is 0.335. The number of amides is 2. The van der Waals surface area contributed by atoms with Gasteiger partial charge in [0.15, 0.2) is 11.5 Å². The number of hydrogen-bond donors (Lipinski definition) is 1. The lowest BCUT2D eigenvalue weighted by molar-refractivity contribution is -0.139. The monoisotopic (exact) mass is 569 g/mol. The maximum atomic E-state index is 14.0. The molecule has 0 radical (unpaired) electrons. The van der Waals surface area contributed by atoms with Crippen LogP contribution in [0, 0.1) is 0 Å². The van der Waals surface area contributed by atoms with Gasteiger partial charge >= 0.3 is 0 Å². The Hall–Kier alpha value is -4.25. The van der Waals surface area contributed by atoms with Crippen molar-refractivity contribution in [1.29, 1.82) is 0 Å². The molecule has 0 bridgehead atoms. The Morgan fingerprint density at radius 3 is 2.20 bits per heavy atom. The first-order valence-electron chi connectivity index (χ1n) is 12.7. The Morgan fingerprint density at radius 1 is 0.875 bits per heavy atom. The summed E-state index contributed by atoms with van der Waals surface area (Å²) in [5, 5.41) is 2.74. The Balaban J connectivity index is 2.04. The molecule has 0 aliphatic carbocycles. The maximum absolute atomic E-state index is 14.0. The Kier molecular flexibility index (Phi) is 10.4. The number of nitrogens with zero attached hydrogens (tertiary/aromatic N) is 2. The lowest BCUT2D eigenvalue weighted by Crippen LogP contribution is -2.51. The molecule has 1 atom stereocenters. The minimum Gasteiger partial charge on any atom is -0.497 e. The van der Waals surface area contributed by atoms with Gasteiger partial charge in [0.2, 0.25) is 11.8 Å². The number of anilines is 1. The van der Waals surface area contributed by atoms with E-state index in [0.29, 0.717) is 18.0 Å². The maximum Gasteiger partial charge on any atom is 0.264 e. The van der Waals surface area contributed by atoms with Crippen molar-refractivity contribution in [1.82, 2.24) is 10.2 Å². The topological polar surface area (TPSA) is 114 Å². The molecule has 10 nitrogen and oxygen atoms in total. The van der Waals surface area contributed by atoms with E-state index in [1.807, 2.05) is 6.07 Å². The third-order valence-corrected chi connectivity index (χ3v) is 8.04. The number of sulfonamides is 1. The van der Waals surface area contributed by atoms with Crippen LogP contribution in [0.2, 0.25) is 0 Å². The van der Waals surface area contributed by atoms with Crippen molar-refractivity contribution < 1.29 is 32.2 Å². The number of carbonyl (C=O) groups is 2. The molecule has 0 heterocycles. The van der Waals surface area contributed by atoms with Gasteiger partial charge in [-0.1, -0.05) is 30.3 Å². The zero-order valence-electron chi connectivity index (χ0n) is 23.3. The second-order valence-electron chi connectivity index (χ2n) is 8.81. The molecule has 1 N–H and O–H groups in total. The summed E-state index contributed by atoms with van der Waals surface area (Å²) in [6, 6.07) is 18.8. The predicted octanol–water partition coefficient (Wildman–Crippen LogP) is 3.46. The van der Waals surface area contributed by atoms with Gasteiger partial charge in [-0.05, 0) is 55.8 Å². The summed E-state index contributed by atoms with van der Waals surface area (Å²) in [6.45, 7) is 3.29. The van der Waals surface area contributed by atoms with E-state index in [9.17, 15) is 18.0 Å². The summed E-state index contributed by atoms with van der Waals surface area (Å²) in [5.74, 6) is 0.274. The number of nitrogens with one attached hydrogen (secondary N) is 1. The van der Waals surface area contributed by atoms with Gasteiger partial charge < -0.3 is 24.4 Å². The number of methoxy groups -OCH3 is 3. The molecule has 0 aliphatic heterocycles. The lowest BCUT2D eigenvalue weighted by Gasteiger charge is -2.32. The molecule has 3 aromatic rings. The van der Waals surface area contributed by atoms with Crippen molar-refractivity contribution in [2.75, 3.05) is 38.7 Å². The van der Waals surface area contributed by atoms with Gasteiger partial charge in [0.25, 0.3) is 10.0 Å². The number of likely N-dealkylation sites (N-methyl/N-ethyl adjacent to an activating group) is 1. The van der Waals surface area contributed by atoms with Crippen molar-refractivity contribution in [3.8, 4) is 17.2 Å². The number of carbonyl (C=O) groups excluding carboxylic acids is 2. The van der Waals surface area contributed by atoms with Gasteiger partial charge in [0.1, 0.15) is 18.3 Å². The molecule has 2 amide bonds. The lowest BCUT2D eigenvalue weighted by atomic mass is 10.1. The van der Waals surface area contributed by atoms with E-state index in [4.69, 9.17) is 14.2 Å². The highest BCUT2D eigenvalue weighted by molar-refractivity contribution is 7.92. The molecule has 3 rings (SSSR count). The first-order valence-corrected chi connectivity index (χ1v) is 14.1. The Labute approximate surface area is 235 Å². The molecule has 3 aromatic carbocycles. The first-order chi connectivity index (χ1) is 19.2. The SMILES string of the molecule is CCNC(=O)C(C)N(Cc1cccc(OC)c1)C(=O)CN(c1ccccc1)S(=O)(=O)c1ccc(OC)c(OC)c1. The molecule has 0 aromatic heterocycles. The molecule has 11 heteroatoms. The molecule has 40 heavy (non-hydrogen) atoms. The van der Waals surface area contributed by atoms with Crippen LogP contribution in [-0.2, 0) is 26.2 Å². The van der Waals surface area contributed by atoms with Crippen molar-refractivity contribution in [2.45, 2.75) is 31.3 Å². The van der Waals surface area contributed by atoms with E-state index in [-0.39, 0.29) is 28.8 Å². The average Bonchev–Trinajstić information content (AvgIpc) is 2.98. The molecule has 0 saturated heterocycles. The summed E-state index contributed by atoms with van der Waals surface area (Å²) in [6.07, 6.45) is 0. The van der Waals surface area contributed by atoms with Crippen LogP contribution in [0.15, 0.2) is 77.7 Å². The highest BCUT2D eigenvalue weighted by Gasteiger charge is 2.33. The van der Waals surface area contributed by atoms with E-state index in [2.05, 4.69) is 5.32 Å². The third kappa shape index (κ3) is 7.03. The summed E-state index contributed by atoms with van der Waals surface area (Å²) in [4.78, 5) is 28.0. The van der Waals surface area contributed by atoms with Crippen molar-refractivity contribution in [3.63, 3.8) is 0 Å². The van der Waals surface area contributed by atoms with Crippen LogP contribution in [0.1, 0.15) is 19.4 Å². The molecule has 214 valence electrons. The van der Waals surface area contributed by atoms with Crippen LogP contribution in [0.5, 0.6) is 17.2 Å². The van der Waals surface area contributed by atoms with Gasteiger partial charge in [-0.2, -0.15) is 0 Å². The van der Waals surface area contributed by atoms with E-state index < -0.39 is 28.5 Å². The summed E-state index contributed by atoms with van der Waals surface area (Å²) >= 11 is 0. The van der Waals surface area contributed by atoms with Crippen LogP contribution in [0.4, 0.5) is 5.69 Å². The Bertz CT molecular complexity index is 1410. The van der Waals surface area contributed by atoms with Gasteiger partial charge in [-0.15, -0.1) is 0 Å². The predicted molar refractivity (Wildman–Crippen MR) is 152 cm³/mol. The summed E-state index contributed by atoms with van der Waals surface area (Å²) < 4.78 is 44.8. The van der Waals surface area contributed by atoms with Gasteiger partial charge in [-0.3, -0.25) is 13.9 Å². The number of hydrogen-bond acceptors (Lipinski definition) is 7. The molecule has 1 unspecified atom stereocenters. The summed E-state index contributed by atoms with van der Waals surface area (Å²) in [7, 11) is 0.148. The average molecular weight is 570 g/mol. The van der Waals surface area contributed by atoms with E-state index in [1.54, 1.807) is 62.4 Å². The Morgan fingerprint density at radius 2 is 1.57 bits per heavy atom. The smallest absolute Gasteiger partial charge is 0.264 e. The molecule has 0 spiro atoms. The van der Waals surface area contributed by atoms with Crippen molar-refractivity contribution in [3.05, 3.63) is 78.4 Å². The normalized spacial score (nSPS) is 11.7. The number of benzene rings is 3. The van der Waals surface area contributed by atoms with Crippen LogP contribution >= 0.6 is 0 Å². The highest BCUT2D eigenvalue weighted by atomic mass is 32.2. The first kappa shape index (κ1) is 30.3. The summed E-state index contributed by atoms with van der Waals surface area (Å²) in [5.41, 5.74) is 1.01. The third-order valence-electron chi connectivity index (χ3n) is 6.27. The molecule has 0 fully saturated rings. The van der Waals surface area contributed by atoms with Gasteiger partial charge in [-0.25, -0.2) is 8.42 Å². The minimum atomic E-state index is -4.25. The highest BCUT2D eigenvalue weighted by Crippen LogP contribution is 2.32. The van der Waals surface area contributed by atoms with Crippen molar-refractivity contribution in [2.24, 2.45) is 0 Å².